The molecule has 0 saturated heterocycles. The Labute approximate surface area is 98.9 Å². The minimum Gasteiger partial charge on any atom is -0.493 e. The quantitative estimate of drug-likeness (QED) is 0.911. The summed E-state index contributed by atoms with van der Waals surface area (Å²) < 4.78 is 6.83. The Morgan fingerprint density at radius 1 is 1.53 bits per heavy atom. The lowest BCUT2D eigenvalue weighted by atomic mass is 10.1. The Morgan fingerprint density at radius 2 is 2.27 bits per heavy atom. The Kier molecular flexibility index (Phi) is 3.32. The van der Waals surface area contributed by atoms with Gasteiger partial charge in [0.05, 0.1) is 6.61 Å². The minimum atomic E-state index is 0.0207. The van der Waals surface area contributed by atoms with Gasteiger partial charge in [-0.1, -0.05) is 22.0 Å². The summed E-state index contributed by atoms with van der Waals surface area (Å²) in [5.41, 5.74) is 6.97. The molecule has 1 aromatic rings. The molecule has 82 valence electrons. The second-order valence-corrected chi connectivity index (χ2v) is 5.14. The van der Waals surface area contributed by atoms with Crippen LogP contribution in [0, 0.1) is 5.92 Å². The van der Waals surface area contributed by atoms with Gasteiger partial charge in [-0.2, -0.15) is 0 Å². The zero-order valence-corrected chi connectivity index (χ0v) is 10.5. The van der Waals surface area contributed by atoms with Crippen LogP contribution in [-0.2, 0) is 0 Å². The van der Waals surface area contributed by atoms with Crippen molar-refractivity contribution in [1.29, 1.82) is 0 Å². The Bertz CT molecular complexity index is 347. The van der Waals surface area contributed by atoms with Gasteiger partial charge in [-0.3, -0.25) is 0 Å². The molecule has 0 amide bonds. The summed E-state index contributed by atoms with van der Waals surface area (Å²) in [5.74, 6) is 1.69. The van der Waals surface area contributed by atoms with Crippen LogP contribution in [0.25, 0.3) is 0 Å². The molecule has 0 aromatic heterocycles. The normalized spacial score (nSPS) is 17.5. The van der Waals surface area contributed by atoms with Gasteiger partial charge in [0.25, 0.3) is 0 Å². The highest BCUT2D eigenvalue weighted by atomic mass is 79.9. The Balaban J connectivity index is 2.13. The lowest BCUT2D eigenvalue weighted by Crippen LogP contribution is -2.09. The Hall–Kier alpha value is -0.540. The Morgan fingerprint density at radius 3 is 2.87 bits per heavy atom. The molecule has 0 bridgehead atoms. The van der Waals surface area contributed by atoms with Gasteiger partial charge in [0.1, 0.15) is 5.75 Å². The van der Waals surface area contributed by atoms with Crippen molar-refractivity contribution in [3.05, 3.63) is 28.2 Å². The zero-order chi connectivity index (χ0) is 10.8. The van der Waals surface area contributed by atoms with E-state index in [1.54, 1.807) is 0 Å². The van der Waals surface area contributed by atoms with Crippen LogP contribution in [0.3, 0.4) is 0 Å². The fraction of sp³-hybridized carbons (Fsp3) is 0.500. The predicted octanol–water partition coefficient (Wildman–Crippen LogP) is 3.26. The van der Waals surface area contributed by atoms with Crippen molar-refractivity contribution in [2.45, 2.75) is 25.8 Å². The summed E-state index contributed by atoms with van der Waals surface area (Å²) in [6.45, 7) is 2.81. The lowest BCUT2D eigenvalue weighted by Gasteiger charge is -2.14. The lowest BCUT2D eigenvalue weighted by molar-refractivity contribution is 0.295. The molecule has 1 saturated carbocycles. The molecule has 1 aliphatic carbocycles. The van der Waals surface area contributed by atoms with Crippen molar-refractivity contribution in [3.63, 3.8) is 0 Å². The van der Waals surface area contributed by atoms with Crippen LogP contribution in [0.2, 0.25) is 0 Å². The highest BCUT2D eigenvalue weighted by molar-refractivity contribution is 9.10. The maximum Gasteiger partial charge on any atom is 0.125 e. The maximum absolute atomic E-state index is 5.89. The largest absolute Gasteiger partial charge is 0.493 e. The van der Waals surface area contributed by atoms with Crippen LogP contribution < -0.4 is 10.5 Å². The summed E-state index contributed by atoms with van der Waals surface area (Å²) in [5, 5.41) is 0. The molecule has 15 heavy (non-hydrogen) atoms. The van der Waals surface area contributed by atoms with E-state index in [1.807, 2.05) is 25.1 Å². The van der Waals surface area contributed by atoms with Gasteiger partial charge in [0.2, 0.25) is 0 Å². The topological polar surface area (TPSA) is 35.2 Å². The maximum atomic E-state index is 5.89. The second-order valence-electron chi connectivity index (χ2n) is 4.23. The van der Waals surface area contributed by atoms with E-state index in [9.17, 15) is 0 Å². The molecule has 1 aromatic carbocycles. The van der Waals surface area contributed by atoms with Crippen molar-refractivity contribution < 1.29 is 4.74 Å². The van der Waals surface area contributed by atoms with E-state index >= 15 is 0 Å². The average molecular weight is 270 g/mol. The molecule has 0 aliphatic heterocycles. The van der Waals surface area contributed by atoms with E-state index in [2.05, 4.69) is 15.9 Å². The molecule has 2 N–H and O–H groups in total. The summed E-state index contributed by atoms with van der Waals surface area (Å²) in [6, 6.07) is 6.05. The van der Waals surface area contributed by atoms with Gasteiger partial charge in [-0.15, -0.1) is 0 Å². The highest BCUT2D eigenvalue weighted by Crippen LogP contribution is 2.32. The number of rotatable bonds is 4. The monoisotopic (exact) mass is 269 g/mol. The first kappa shape index (κ1) is 11.0. The molecule has 2 rings (SSSR count). The van der Waals surface area contributed by atoms with Gasteiger partial charge in [-0.25, -0.2) is 0 Å². The molecular weight excluding hydrogens is 254 g/mol. The third-order valence-electron chi connectivity index (χ3n) is 2.64. The predicted molar refractivity (Wildman–Crippen MR) is 65.0 cm³/mol. The van der Waals surface area contributed by atoms with Crippen molar-refractivity contribution >= 4 is 15.9 Å². The molecule has 3 heteroatoms. The van der Waals surface area contributed by atoms with Crippen molar-refractivity contribution in [2.75, 3.05) is 6.61 Å². The number of nitrogens with two attached hydrogens (primary N) is 1. The molecular formula is C12H16BrNO. The van der Waals surface area contributed by atoms with Crippen molar-refractivity contribution in [3.8, 4) is 5.75 Å². The van der Waals surface area contributed by atoms with E-state index in [0.29, 0.717) is 0 Å². The number of benzene rings is 1. The average Bonchev–Trinajstić information content (AvgIpc) is 2.97. The van der Waals surface area contributed by atoms with E-state index in [4.69, 9.17) is 10.5 Å². The smallest absolute Gasteiger partial charge is 0.125 e. The molecule has 0 spiro atoms. The van der Waals surface area contributed by atoms with Gasteiger partial charge in [0, 0.05) is 16.1 Å². The first-order valence-corrected chi connectivity index (χ1v) is 6.14. The van der Waals surface area contributed by atoms with Crippen LogP contribution in [0.4, 0.5) is 0 Å². The van der Waals surface area contributed by atoms with Crippen molar-refractivity contribution in [1.82, 2.24) is 0 Å². The van der Waals surface area contributed by atoms with E-state index in [-0.39, 0.29) is 6.04 Å². The highest BCUT2D eigenvalue weighted by Gasteiger charge is 2.22. The molecule has 0 heterocycles. The second kappa shape index (κ2) is 4.54. The summed E-state index contributed by atoms with van der Waals surface area (Å²) in [6.07, 6.45) is 2.61. The third-order valence-corrected chi connectivity index (χ3v) is 3.13. The van der Waals surface area contributed by atoms with Crippen LogP contribution in [0.15, 0.2) is 22.7 Å². The summed E-state index contributed by atoms with van der Waals surface area (Å²) in [4.78, 5) is 0. The van der Waals surface area contributed by atoms with E-state index in [0.717, 1.165) is 28.3 Å². The van der Waals surface area contributed by atoms with Crippen molar-refractivity contribution in [2.24, 2.45) is 11.7 Å². The van der Waals surface area contributed by atoms with Gasteiger partial charge in [0.15, 0.2) is 0 Å². The minimum absolute atomic E-state index is 0.0207. The molecule has 1 fully saturated rings. The first-order valence-electron chi connectivity index (χ1n) is 5.34. The van der Waals surface area contributed by atoms with Crippen LogP contribution in [0.5, 0.6) is 5.75 Å². The fourth-order valence-corrected chi connectivity index (χ4v) is 1.84. The first-order chi connectivity index (χ1) is 7.16. The molecule has 0 unspecified atom stereocenters. The number of ether oxygens (including phenoxy) is 1. The fourth-order valence-electron chi connectivity index (χ4n) is 1.50. The van der Waals surface area contributed by atoms with E-state index in [1.165, 1.54) is 12.8 Å². The van der Waals surface area contributed by atoms with E-state index < -0.39 is 0 Å². The number of halogens is 1. The number of hydrogen-bond acceptors (Lipinski definition) is 2. The zero-order valence-electron chi connectivity index (χ0n) is 8.87. The number of hydrogen-bond donors (Lipinski definition) is 1. The van der Waals surface area contributed by atoms with Crippen LogP contribution in [0.1, 0.15) is 31.4 Å². The van der Waals surface area contributed by atoms with Gasteiger partial charge < -0.3 is 10.5 Å². The molecule has 1 atom stereocenters. The van der Waals surface area contributed by atoms with Crippen LogP contribution in [-0.4, -0.2) is 6.61 Å². The molecule has 0 radical (unpaired) electrons. The van der Waals surface area contributed by atoms with Crippen LogP contribution >= 0.6 is 15.9 Å². The van der Waals surface area contributed by atoms with Gasteiger partial charge >= 0.3 is 0 Å². The van der Waals surface area contributed by atoms with Gasteiger partial charge in [-0.05, 0) is 37.8 Å². The summed E-state index contributed by atoms with van der Waals surface area (Å²) in [7, 11) is 0. The summed E-state index contributed by atoms with van der Waals surface area (Å²) >= 11 is 3.45. The molecule has 2 nitrogen and oxygen atoms in total. The third kappa shape index (κ3) is 2.95. The SMILES string of the molecule is C[C@@H](N)c1ccc(Br)cc1OCC1CC1. The standard InChI is InChI=1S/C12H16BrNO/c1-8(14)11-5-4-10(13)6-12(11)15-7-9-2-3-9/h4-6,8-9H,2-3,7,14H2,1H3/t8-/m1/s1. The molecule has 1 aliphatic rings.